The maximum atomic E-state index is 13.1. The molecule has 27 heavy (non-hydrogen) atoms. The molecule has 0 aliphatic carbocycles. The minimum atomic E-state index is -1.95. The Morgan fingerprint density at radius 2 is 1.56 bits per heavy atom. The summed E-state index contributed by atoms with van der Waals surface area (Å²) in [7, 11) is -0.279. The van der Waals surface area contributed by atoms with Gasteiger partial charge in [-0.3, -0.25) is 4.79 Å². The molecule has 0 spiro atoms. The van der Waals surface area contributed by atoms with Gasteiger partial charge in [-0.05, 0) is 63.5 Å². The van der Waals surface area contributed by atoms with Crippen LogP contribution in [0.1, 0.15) is 60.1 Å². The van der Waals surface area contributed by atoms with Gasteiger partial charge >= 0.3 is 0 Å². The van der Waals surface area contributed by atoms with Crippen LogP contribution in [-0.2, 0) is 9.22 Å². The van der Waals surface area contributed by atoms with Crippen LogP contribution < -0.4 is 4.74 Å². The molecule has 1 amide bonds. The molecule has 2 rings (SSSR count). The highest BCUT2D eigenvalue weighted by Crippen LogP contribution is 2.48. The number of hydrogen-bond acceptors (Lipinski definition) is 3. The standard InChI is InChI=1S/C22H37NO3Si/c1-15(26-27(9,10)22(5,6)7)18-19(23(20(18)24)21(2,3)4)16-11-13-17(25-8)14-12-16/h11-15,18-19H,1-10H3. The molecule has 0 aromatic heterocycles. The molecule has 1 aliphatic rings. The number of β-lactam (4-membered cyclic amide) rings is 1. The molecule has 1 saturated heterocycles. The zero-order valence-electron chi connectivity index (χ0n) is 18.7. The van der Waals surface area contributed by atoms with E-state index in [1.54, 1.807) is 7.11 Å². The first kappa shape index (κ1) is 22.0. The van der Waals surface area contributed by atoms with Gasteiger partial charge in [0.1, 0.15) is 5.75 Å². The Labute approximate surface area is 166 Å². The molecule has 1 aliphatic heterocycles. The van der Waals surface area contributed by atoms with Crippen molar-refractivity contribution in [2.24, 2.45) is 5.92 Å². The number of ether oxygens (including phenoxy) is 1. The van der Waals surface area contributed by atoms with Crippen LogP contribution in [0.25, 0.3) is 0 Å². The molecular weight excluding hydrogens is 354 g/mol. The van der Waals surface area contributed by atoms with Crippen molar-refractivity contribution in [2.75, 3.05) is 7.11 Å². The fourth-order valence-electron chi connectivity index (χ4n) is 3.59. The van der Waals surface area contributed by atoms with Crippen LogP contribution in [0.3, 0.4) is 0 Å². The van der Waals surface area contributed by atoms with Crippen LogP contribution >= 0.6 is 0 Å². The Morgan fingerprint density at radius 3 is 1.96 bits per heavy atom. The van der Waals surface area contributed by atoms with Gasteiger partial charge in [-0.25, -0.2) is 0 Å². The number of benzene rings is 1. The number of amides is 1. The molecule has 4 nitrogen and oxygen atoms in total. The lowest BCUT2D eigenvalue weighted by Crippen LogP contribution is -2.65. The summed E-state index contributed by atoms with van der Waals surface area (Å²) in [4.78, 5) is 15.1. The van der Waals surface area contributed by atoms with Gasteiger partial charge in [0.15, 0.2) is 8.32 Å². The van der Waals surface area contributed by atoms with Gasteiger partial charge in [-0.2, -0.15) is 0 Å². The monoisotopic (exact) mass is 391 g/mol. The van der Waals surface area contributed by atoms with Gasteiger partial charge in [-0.15, -0.1) is 0 Å². The molecule has 152 valence electrons. The molecule has 0 saturated carbocycles. The van der Waals surface area contributed by atoms with E-state index < -0.39 is 8.32 Å². The van der Waals surface area contributed by atoms with Gasteiger partial charge in [0, 0.05) is 5.54 Å². The van der Waals surface area contributed by atoms with E-state index in [4.69, 9.17) is 9.16 Å². The topological polar surface area (TPSA) is 38.8 Å². The van der Waals surface area contributed by atoms with Crippen LogP contribution in [0.15, 0.2) is 24.3 Å². The second-order valence-corrected chi connectivity index (χ2v) is 15.0. The highest BCUT2D eigenvalue weighted by atomic mass is 28.4. The largest absolute Gasteiger partial charge is 0.497 e. The zero-order valence-corrected chi connectivity index (χ0v) is 19.7. The van der Waals surface area contributed by atoms with Crippen LogP contribution in [-0.4, -0.2) is 37.9 Å². The maximum absolute atomic E-state index is 13.1. The van der Waals surface area contributed by atoms with E-state index in [2.05, 4.69) is 73.7 Å². The van der Waals surface area contributed by atoms with Crippen molar-refractivity contribution >= 4 is 14.2 Å². The fraction of sp³-hybridized carbons (Fsp3) is 0.682. The van der Waals surface area contributed by atoms with Crippen LogP contribution in [0.2, 0.25) is 18.1 Å². The molecule has 1 fully saturated rings. The average molecular weight is 392 g/mol. The zero-order chi connectivity index (χ0) is 20.8. The molecule has 1 aromatic rings. The second kappa shape index (κ2) is 7.25. The van der Waals surface area contributed by atoms with Crippen molar-refractivity contribution < 1.29 is 14.0 Å². The van der Waals surface area contributed by atoms with Gasteiger partial charge in [-0.1, -0.05) is 32.9 Å². The van der Waals surface area contributed by atoms with Gasteiger partial charge in [0.05, 0.1) is 25.2 Å². The predicted molar refractivity (Wildman–Crippen MR) is 114 cm³/mol. The highest BCUT2D eigenvalue weighted by molar-refractivity contribution is 6.74. The SMILES string of the molecule is COc1ccc(C2C(C(C)O[Si](C)(C)C(C)(C)C)C(=O)N2C(C)(C)C)cc1. The van der Waals surface area contributed by atoms with Gasteiger partial charge in [0.2, 0.25) is 5.91 Å². The Kier molecular flexibility index (Phi) is 5.89. The summed E-state index contributed by atoms with van der Waals surface area (Å²) in [6, 6.07) is 8.11. The minimum Gasteiger partial charge on any atom is -0.497 e. The van der Waals surface area contributed by atoms with Crippen LogP contribution in [0.5, 0.6) is 5.75 Å². The van der Waals surface area contributed by atoms with E-state index >= 15 is 0 Å². The van der Waals surface area contributed by atoms with E-state index in [1.165, 1.54) is 0 Å². The number of hydrogen-bond donors (Lipinski definition) is 0. The van der Waals surface area contributed by atoms with E-state index in [0.717, 1.165) is 11.3 Å². The molecular formula is C22H37NO3Si. The Balaban J connectivity index is 2.34. The smallest absolute Gasteiger partial charge is 0.231 e. The number of methoxy groups -OCH3 is 1. The summed E-state index contributed by atoms with van der Waals surface area (Å²) < 4.78 is 11.9. The van der Waals surface area contributed by atoms with E-state index in [9.17, 15) is 4.79 Å². The second-order valence-electron chi connectivity index (χ2n) is 10.2. The number of likely N-dealkylation sites (tertiary alicyclic amines) is 1. The Bertz CT molecular complexity index is 670. The first-order valence-corrected chi connectivity index (χ1v) is 12.8. The molecule has 0 bridgehead atoms. The molecule has 3 atom stereocenters. The van der Waals surface area contributed by atoms with E-state index in [-0.39, 0.29) is 34.5 Å². The summed E-state index contributed by atoms with van der Waals surface area (Å²) in [6.07, 6.45) is -0.107. The van der Waals surface area contributed by atoms with Crippen molar-refractivity contribution in [1.82, 2.24) is 4.90 Å². The van der Waals surface area contributed by atoms with Gasteiger partial charge in [0.25, 0.3) is 0 Å². The molecule has 0 radical (unpaired) electrons. The minimum absolute atomic E-state index is 0.0307. The van der Waals surface area contributed by atoms with Crippen molar-refractivity contribution in [1.29, 1.82) is 0 Å². The lowest BCUT2D eigenvalue weighted by Gasteiger charge is -2.56. The summed E-state index contributed by atoms with van der Waals surface area (Å²) in [5.74, 6) is 0.870. The molecule has 3 unspecified atom stereocenters. The Morgan fingerprint density at radius 1 is 1.04 bits per heavy atom. The molecule has 1 heterocycles. The lowest BCUT2D eigenvalue weighted by atomic mass is 9.76. The third-order valence-electron chi connectivity index (χ3n) is 6.11. The molecule has 0 N–H and O–H groups in total. The van der Waals surface area contributed by atoms with Crippen molar-refractivity contribution in [3.05, 3.63) is 29.8 Å². The molecule has 5 heteroatoms. The van der Waals surface area contributed by atoms with Crippen LogP contribution in [0.4, 0.5) is 0 Å². The molecule has 1 aromatic carbocycles. The summed E-state index contributed by atoms with van der Waals surface area (Å²) in [5, 5.41) is 0.118. The summed E-state index contributed by atoms with van der Waals surface area (Å²) in [5.41, 5.74) is 0.913. The number of carbonyl (C=O) groups excluding carboxylic acids is 1. The fourth-order valence-corrected chi connectivity index (χ4v) is 5.02. The highest BCUT2D eigenvalue weighted by Gasteiger charge is 2.55. The van der Waals surface area contributed by atoms with Gasteiger partial charge < -0.3 is 14.1 Å². The first-order chi connectivity index (χ1) is 12.2. The van der Waals surface area contributed by atoms with E-state index in [1.807, 2.05) is 17.0 Å². The summed E-state index contributed by atoms with van der Waals surface area (Å²) >= 11 is 0. The number of rotatable bonds is 5. The maximum Gasteiger partial charge on any atom is 0.231 e. The van der Waals surface area contributed by atoms with E-state index in [0.29, 0.717) is 0 Å². The first-order valence-electron chi connectivity index (χ1n) is 9.85. The predicted octanol–water partition coefficient (Wildman–Crippen LogP) is 5.40. The normalized spacial score (nSPS) is 22.4. The third kappa shape index (κ3) is 4.24. The lowest BCUT2D eigenvalue weighted by molar-refractivity contribution is -0.174. The Hall–Kier alpha value is -1.33. The number of nitrogens with zero attached hydrogens (tertiary/aromatic N) is 1. The third-order valence-corrected chi connectivity index (χ3v) is 10.7. The number of carbonyl (C=O) groups is 1. The van der Waals surface area contributed by atoms with Crippen molar-refractivity contribution in [2.45, 2.75) is 84.3 Å². The van der Waals surface area contributed by atoms with Crippen molar-refractivity contribution in [3.63, 3.8) is 0 Å². The van der Waals surface area contributed by atoms with Crippen LogP contribution in [0, 0.1) is 5.92 Å². The average Bonchev–Trinajstić information content (AvgIpc) is 2.49. The quantitative estimate of drug-likeness (QED) is 0.498. The summed E-state index contributed by atoms with van der Waals surface area (Å²) in [6.45, 7) is 19.5. The van der Waals surface area contributed by atoms with Crippen molar-refractivity contribution in [3.8, 4) is 5.75 Å².